The lowest BCUT2D eigenvalue weighted by Crippen LogP contribution is -2.15. The average Bonchev–Trinajstić information content (AvgIpc) is 2.49. The van der Waals surface area contributed by atoms with E-state index in [2.05, 4.69) is 20.8 Å². The van der Waals surface area contributed by atoms with Crippen LogP contribution in [0.15, 0.2) is 11.4 Å². The highest BCUT2D eigenvalue weighted by atomic mass is 32.1. The molecule has 0 N–H and O–H groups in total. The molecule has 3 heteroatoms. The maximum atomic E-state index is 11.3. The summed E-state index contributed by atoms with van der Waals surface area (Å²) in [4.78, 5) is 12.0. The molecular weight excluding hydrogens is 184 g/mol. The molecule has 0 aliphatic carbocycles. The Labute approximate surface area is 82.5 Å². The molecule has 0 aliphatic heterocycles. The van der Waals surface area contributed by atoms with Crippen LogP contribution in [0.1, 0.15) is 36.0 Å². The van der Waals surface area contributed by atoms with Gasteiger partial charge in [0.15, 0.2) is 0 Å². The largest absolute Gasteiger partial charge is 0.465 e. The summed E-state index contributed by atoms with van der Waals surface area (Å²) in [7, 11) is 1.41. The Bertz CT molecular complexity index is 307. The second-order valence-electron chi connectivity index (χ2n) is 3.90. The van der Waals surface area contributed by atoms with Gasteiger partial charge in [0.25, 0.3) is 0 Å². The summed E-state index contributed by atoms with van der Waals surface area (Å²) in [5, 5.41) is 1.92. The van der Waals surface area contributed by atoms with Gasteiger partial charge in [-0.2, -0.15) is 0 Å². The van der Waals surface area contributed by atoms with E-state index in [0.29, 0.717) is 0 Å². The average molecular weight is 198 g/mol. The summed E-state index contributed by atoms with van der Waals surface area (Å²) < 4.78 is 4.70. The summed E-state index contributed by atoms with van der Waals surface area (Å²) in [6, 6.07) is 1.98. The minimum absolute atomic E-state index is 0.00350. The summed E-state index contributed by atoms with van der Waals surface area (Å²) in [6.07, 6.45) is 0. The minimum atomic E-state index is -0.236. The topological polar surface area (TPSA) is 26.3 Å². The predicted molar refractivity (Wildman–Crippen MR) is 54.4 cm³/mol. The monoisotopic (exact) mass is 198 g/mol. The zero-order chi connectivity index (χ0) is 10.1. The van der Waals surface area contributed by atoms with Crippen molar-refractivity contribution < 1.29 is 9.53 Å². The van der Waals surface area contributed by atoms with Crippen LogP contribution in [0.3, 0.4) is 0 Å². The molecule has 0 spiro atoms. The van der Waals surface area contributed by atoms with E-state index < -0.39 is 0 Å². The normalized spacial score (nSPS) is 11.4. The van der Waals surface area contributed by atoms with E-state index in [4.69, 9.17) is 4.74 Å². The van der Waals surface area contributed by atoms with Crippen molar-refractivity contribution in [2.45, 2.75) is 26.2 Å². The molecule has 1 aromatic heterocycles. The maximum absolute atomic E-state index is 11.3. The van der Waals surface area contributed by atoms with Crippen molar-refractivity contribution in [3.8, 4) is 0 Å². The molecule has 1 aromatic rings. The number of carbonyl (C=O) groups excluding carboxylic acids is 1. The molecule has 0 radical (unpaired) electrons. The lowest BCUT2D eigenvalue weighted by Gasteiger charge is -2.18. The second-order valence-corrected chi connectivity index (χ2v) is 4.82. The molecule has 1 rings (SSSR count). The lowest BCUT2D eigenvalue weighted by atomic mass is 9.87. The molecule has 0 saturated carbocycles. The van der Waals surface area contributed by atoms with Crippen molar-refractivity contribution in [2.24, 2.45) is 0 Å². The van der Waals surface area contributed by atoms with Crippen LogP contribution >= 0.6 is 11.3 Å². The molecule has 0 fully saturated rings. The van der Waals surface area contributed by atoms with Gasteiger partial charge in [0.1, 0.15) is 4.88 Å². The van der Waals surface area contributed by atoms with Crippen molar-refractivity contribution in [3.63, 3.8) is 0 Å². The number of thiophene rings is 1. The van der Waals surface area contributed by atoms with Crippen molar-refractivity contribution in [1.29, 1.82) is 0 Å². The lowest BCUT2D eigenvalue weighted by molar-refractivity contribution is 0.0604. The van der Waals surface area contributed by atoms with E-state index in [9.17, 15) is 4.79 Å². The quantitative estimate of drug-likeness (QED) is 0.649. The third kappa shape index (κ3) is 2.10. The summed E-state index contributed by atoms with van der Waals surface area (Å²) >= 11 is 1.43. The fourth-order valence-corrected chi connectivity index (χ4v) is 2.17. The van der Waals surface area contributed by atoms with Crippen LogP contribution in [-0.4, -0.2) is 13.1 Å². The van der Waals surface area contributed by atoms with Crippen LogP contribution in [0, 0.1) is 0 Å². The molecule has 72 valence electrons. The Morgan fingerprint density at radius 3 is 2.54 bits per heavy atom. The van der Waals surface area contributed by atoms with Crippen LogP contribution in [0.25, 0.3) is 0 Å². The highest BCUT2D eigenvalue weighted by molar-refractivity contribution is 7.12. The third-order valence-corrected chi connectivity index (χ3v) is 2.74. The predicted octanol–water partition coefficient (Wildman–Crippen LogP) is 2.83. The van der Waals surface area contributed by atoms with Crippen LogP contribution in [0.2, 0.25) is 0 Å². The minimum Gasteiger partial charge on any atom is -0.465 e. The van der Waals surface area contributed by atoms with Gasteiger partial charge >= 0.3 is 5.97 Å². The Kier molecular flexibility index (Phi) is 2.76. The highest BCUT2D eigenvalue weighted by Gasteiger charge is 2.23. The Morgan fingerprint density at radius 1 is 1.46 bits per heavy atom. The first-order chi connectivity index (χ1) is 5.96. The van der Waals surface area contributed by atoms with Gasteiger partial charge in [0.05, 0.1) is 7.11 Å². The van der Waals surface area contributed by atoms with Gasteiger partial charge in [-0.25, -0.2) is 4.79 Å². The number of methoxy groups -OCH3 is 1. The van der Waals surface area contributed by atoms with Crippen LogP contribution in [0.5, 0.6) is 0 Å². The van der Waals surface area contributed by atoms with Crippen LogP contribution < -0.4 is 0 Å². The number of hydrogen-bond donors (Lipinski definition) is 0. The molecule has 0 bridgehead atoms. The van der Waals surface area contributed by atoms with Gasteiger partial charge in [-0.05, 0) is 22.4 Å². The molecule has 0 amide bonds. The van der Waals surface area contributed by atoms with E-state index >= 15 is 0 Å². The van der Waals surface area contributed by atoms with Gasteiger partial charge in [-0.3, -0.25) is 0 Å². The van der Waals surface area contributed by atoms with Gasteiger partial charge in [0, 0.05) is 0 Å². The number of ether oxygens (including phenoxy) is 1. The fraction of sp³-hybridized carbons (Fsp3) is 0.500. The zero-order valence-corrected chi connectivity index (χ0v) is 9.20. The molecule has 0 unspecified atom stereocenters. The van der Waals surface area contributed by atoms with Crippen LogP contribution in [-0.2, 0) is 10.2 Å². The molecule has 1 heterocycles. The number of hydrogen-bond acceptors (Lipinski definition) is 3. The van der Waals surface area contributed by atoms with Crippen molar-refractivity contribution in [3.05, 3.63) is 21.9 Å². The Hall–Kier alpha value is -0.830. The van der Waals surface area contributed by atoms with Gasteiger partial charge < -0.3 is 4.74 Å². The third-order valence-electron chi connectivity index (χ3n) is 1.84. The van der Waals surface area contributed by atoms with Crippen LogP contribution in [0.4, 0.5) is 0 Å². The van der Waals surface area contributed by atoms with Crippen molar-refractivity contribution >= 4 is 17.3 Å². The van der Waals surface area contributed by atoms with E-state index in [1.807, 2.05) is 11.4 Å². The van der Waals surface area contributed by atoms with Gasteiger partial charge in [0.2, 0.25) is 0 Å². The standard InChI is InChI=1S/C10H14O2S/c1-10(2,3)7-5-6-13-8(7)9(11)12-4/h5-6H,1-4H3. The van der Waals surface area contributed by atoms with Gasteiger partial charge in [-0.15, -0.1) is 11.3 Å². The van der Waals surface area contributed by atoms with E-state index in [1.54, 1.807) is 0 Å². The summed E-state index contributed by atoms with van der Waals surface area (Å²) in [6.45, 7) is 6.25. The first-order valence-electron chi connectivity index (χ1n) is 4.13. The summed E-state index contributed by atoms with van der Waals surface area (Å²) in [5.74, 6) is -0.236. The van der Waals surface area contributed by atoms with Crippen molar-refractivity contribution in [1.82, 2.24) is 0 Å². The highest BCUT2D eigenvalue weighted by Crippen LogP contribution is 2.29. The van der Waals surface area contributed by atoms with E-state index in [0.717, 1.165) is 10.4 Å². The molecule has 0 atom stereocenters. The first-order valence-corrected chi connectivity index (χ1v) is 5.01. The first kappa shape index (κ1) is 10.3. The molecular formula is C10H14O2S. The number of rotatable bonds is 1. The van der Waals surface area contributed by atoms with Gasteiger partial charge in [-0.1, -0.05) is 20.8 Å². The maximum Gasteiger partial charge on any atom is 0.348 e. The fourth-order valence-electron chi connectivity index (χ4n) is 1.15. The molecule has 0 saturated heterocycles. The summed E-state index contributed by atoms with van der Waals surface area (Å²) in [5.41, 5.74) is 1.06. The molecule has 2 nitrogen and oxygen atoms in total. The molecule has 0 aromatic carbocycles. The smallest absolute Gasteiger partial charge is 0.348 e. The van der Waals surface area contributed by atoms with E-state index in [-0.39, 0.29) is 11.4 Å². The number of esters is 1. The van der Waals surface area contributed by atoms with E-state index in [1.165, 1.54) is 18.4 Å². The SMILES string of the molecule is COC(=O)c1sccc1C(C)(C)C. The second kappa shape index (κ2) is 3.50. The van der Waals surface area contributed by atoms with Crippen molar-refractivity contribution in [2.75, 3.05) is 7.11 Å². The molecule has 13 heavy (non-hydrogen) atoms. The number of carbonyl (C=O) groups is 1. The zero-order valence-electron chi connectivity index (χ0n) is 8.38. The Balaban J connectivity index is 3.10. The molecule has 0 aliphatic rings. The Morgan fingerprint density at radius 2 is 2.08 bits per heavy atom.